The molecule has 2 aromatic rings. The van der Waals surface area contributed by atoms with E-state index in [0.29, 0.717) is 17.6 Å². The molecule has 0 saturated carbocycles. The van der Waals surface area contributed by atoms with Crippen LogP contribution >= 0.6 is 0 Å². The van der Waals surface area contributed by atoms with Crippen molar-refractivity contribution in [3.05, 3.63) is 45.0 Å². The fraction of sp³-hybridized carbons (Fsp3) is 0.500. The van der Waals surface area contributed by atoms with Crippen LogP contribution in [0.1, 0.15) is 6.42 Å². The fourth-order valence-corrected chi connectivity index (χ4v) is 3.17. The predicted octanol–water partition coefficient (Wildman–Crippen LogP) is -0.461. The molecule has 1 N–H and O–H groups in total. The number of benzene rings is 1. The monoisotopic (exact) mass is 360 g/mol. The van der Waals surface area contributed by atoms with Crippen molar-refractivity contribution < 1.29 is 9.53 Å². The van der Waals surface area contributed by atoms with Gasteiger partial charge in [-0.25, -0.2) is 0 Å². The van der Waals surface area contributed by atoms with Gasteiger partial charge in [-0.05, 0) is 25.1 Å². The summed E-state index contributed by atoms with van der Waals surface area (Å²) < 4.78 is 7.86. The molecule has 1 amide bonds. The molecule has 1 fully saturated rings. The molecule has 0 aliphatic carbocycles. The van der Waals surface area contributed by atoms with Gasteiger partial charge in [-0.3, -0.25) is 23.9 Å². The number of carbonyl (C=O) groups excluding carboxylic acids is 1. The van der Waals surface area contributed by atoms with Crippen LogP contribution < -0.4 is 16.4 Å². The average Bonchev–Trinajstić information content (AvgIpc) is 2.68. The first-order chi connectivity index (χ1) is 12.6. The number of carbonyl (C=O) groups is 1. The van der Waals surface area contributed by atoms with E-state index in [2.05, 4.69) is 10.2 Å². The summed E-state index contributed by atoms with van der Waals surface area (Å²) in [6, 6.07) is 7.07. The zero-order valence-corrected chi connectivity index (χ0v) is 14.9. The van der Waals surface area contributed by atoms with Crippen molar-refractivity contribution in [1.29, 1.82) is 0 Å². The Morgan fingerprint density at radius 3 is 2.54 bits per heavy atom. The molecule has 0 atom stereocenters. The van der Waals surface area contributed by atoms with Crippen LogP contribution in [0.5, 0.6) is 0 Å². The van der Waals surface area contributed by atoms with Gasteiger partial charge in [0.1, 0.15) is 6.54 Å². The highest BCUT2D eigenvalue weighted by atomic mass is 16.5. The number of morpholine rings is 1. The highest BCUT2D eigenvalue weighted by Crippen LogP contribution is 2.08. The lowest BCUT2D eigenvalue weighted by molar-refractivity contribution is -0.121. The number of nitrogens with zero attached hydrogens (tertiary/aromatic N) is 3. The lowest BCUT2D eigenvalue weighted by atomic mass is 10.3. The molecule has 0 spiro atoms. The van der Waals surface area contributed by atoms with Gasteiger partial charge in [0.2, 0.25) is 5.91 Å². The molecule has 1 aliphatic heterocycles. The van der Waals surface area contributed by atoms with Crippen LogP contribution in [0.25, 0.3) is 11.0 Å². The van der Waals surface area contributed by atoms with E-state index in [1.54, 1.807) is 31.3 Å². The Balaban J connectivity index is 1.62. The van der Waals surface area contributed by atoms with Crippen LogP contribution in [0, 0.1) is 0 Å². The minimum atomic E-state index is -0.685. The van der Waals surface area contributed by atoms with Crippen molar-refractivity contribution in [3.63, 3.8) is 0 Å². The Kier molecular flexibility index (Phi) is 5.85. The molecular formula is C18H24N4O4. The van der Waals surface area contributed by atoms with Crippen molar-refractivity contribution in [2.24, 2.45) is 7.05 Å². The number of hydrogen-bond donors (Lipinski definition) is 1. The number of hydrogen-bond acceptors (Lipinski definition) is 5. The molecule has 8 nitrogen and oxygen atoms in total. The van der Waals surface area contributed by atoms with Crippen LogP contribution in [0.2, 0.25) is 0 Å². The van der Waals surface area contributed by atoms with Gasteiger partial charge in [-0.1, -0.05) is 12.1 Å². The third-order valence-electron chi connectivity index (χ3n) is 4.65. The lowest BCUT2D eigenvalue weighted by Crippen LogP contribution is -2.43. The molecule has 0 radical (unpaired) electrons. The minimum Gasteiger partial charge on any atom is -0.379 e. The van der Waals surface area contributed by atoms with Gasteiger partial charge >= 0.3 is 11.1 Å². The van der Waals surface area contributed by atoms with Crippen LogP contribution in [0.4, 0.5) is 0 Å². The Hall–Kier alpha value is -2.45. The molecule has 26 heavy (non-hydrogen) atoms. The van der Waals surface area contributed by atoms with Gasteiger partial charge < -0.3 is 14.6 Å². The van der Waals surface area contributed by atoms with Crippen molar-refractivity contribution in [2.75, 3.05) is 39.4 Å². The van der Waals surface area contributed by atoms with Crippen LogP contribution in [-0.2, 0) is 23.1 Å². The highest BCUT2D eigenvalue weighted by molar-refractivity contribution is 5.80. The Morgan fingerprint density at radius 2 is 1.81 bits per heavy atom. The van der Waals surface area contributed by atoms with Gasteiger partial charge in [0.25, 0.3) is 0 Å². The van der Waals surface area contributed by atoms with Crippen molar-refractivity contribution in [1.82, 2.24) is 19.4 Å². The second-order valence-corrected chi connectivity index (χ2v) is 6.40. The van der Waals surface area contributed by atoms with Crippen molar-refractivity contribution in [3.8, 4) is 0 Å². The zero-order chi connectivity index (χ0) is 18.5. The van der Waals surface area contributed by atoms with Crippen molar-refractivity contribution in [2.45, 2.75) is 13.0 Å². The molecule has 8 heteroatoms. The van der Waals surface area contributed by atoms with E-state index in [-0.39, 0.29) is 12.5 Å². The van der Waals surface area contributed by atoms with Crippen LogP contribution in [-0.4, -0.2) is 59.3 Å². The third-order valence-corrected chi connectivity index (χ3v) is 4.65. The van der Waals surface area contributed by atoms with E-state index in [9.17, 15) is 14.4 Å². The number of amides is 1. The summed E-state index contributed by atoms with van der Waals surface area (Å²) in [7, 11) is 1.56. The van der Waals surface area contributed by atoms with Gasteiger partial charge in [-0.15, -0.1) is 0 Å². The van der Waals surface area contributed by atoms with Gasteiger partial charge in [-0.2, -0.15) is 0 Å². The second kappa shape index (κ2) is 8.29. The van der Waals surface area contributed by atoms with E-state index in [4.69, 9.17) is 4.74 Å². The predicted molar refractivity (Wildman–Crippen MR) is 98.3 cm³/mol. The first kappa shape index (κ1) is 18.3. The topological polar surface area (TPSA) is 85.6 Å². The summed E-state index contributed by atoms with van der Waals surface area (Å²) in [5.41, 5.74) is -0.126. The smallest absolute Gasteiger partial charge is 0.317 e. The molecule has 140 valence electrons. The standard InChI is InChI=1S/C18H24N4O4/c1-20-14-5-2-3-6-15(14)22(18(25)17(20)24)13-16(23)19-7-4-8-21-9-11-26-12-10-21/h2-3,5-6H,4,7-13H2,1H3,(H,19,23). The molecular weight excluding hydrogens is 336 g/mol. The van der Waals surface area contributed by atoms with E-state index >= 15 is 0 Å². The SMILES string of the molecule is Cn1c(=O)c(=O)n(CC(=O)NCCCN2CCOCC2)c2ccccc21. The molecule has 1 aromatic carbocycles. The second-order valence-electron chi connectivity index (χ2n) is 6.40. The number of nitrogens with one attached hydrogen (secondary N) is 1. The first-order valence-electron chi connectivity index (χ1n) is 8.83. The van der Waals surface area contributed by atoms with Crippen LogP contribution in [0.3, 0.4) is 0 Å². The van der Waals surface area contributed by atoms with E-state index in [1.165, 1.54) is 9.13 Å². The molecule has 0 unspecified atom stereocenters. The molecule has 0 bridgehead atoms. The maximum Gasteiger partial charge on any atom is 0.317 e. The van der Waals surface area contributed by atoms with E-state index in [0.717, 1.165) is 39.3 Å². The molecule has 1 aromatic heterocycles. The summed E-state index contributed by atoms with van der Waals surface area (Å²) in [5.74, 6) is -0.271. The summed E-state index contributed by atoms with van der Waals surface area (Å²) in [6.45, 7) is 4.63. The number of aromatic nitrogens is 2. The normalized spacial score (nSPS) is 15.3. The molecule has 1 saturated heterocycles. The lowest BCUT2D eigenvalue weighted by Gasteiger charge is -2.26. The van der Waals surface area contributed by atoms with Gasteiger partial charge in [0, 0.05) is 26.7 Å². The largest absolute Gasteiger partial charge is 0.379 e. The molecule has 3 rings (SSSR count). The quantitative estimate of drug-likeness (QED) is 0.557. The summed E-state index contributed by atoms with van der Waals surface area (Å²) >= 11 is 0. The average molecular weight is 360 g/mol. The van der Waals surface area contributed by atoms with E-state index < -0.39 is 11.1 Å². The number of aryl methyl sites for hydroxylation is 1. The van der Waals surface area contributed by atoms with Crippen molar-refractivity contribution >= 4 is 16.9 Å². The van der Waals surface area contributed by atoms with Crippen LogP contribution in [0.15, 0.2) is 33.9 Å². The molecule has 1 aliphatic rings. The maximum absolute atomic E-state index is 12.3. The summed E-state index contributed by atoms with van der Waals surface area (Å²) in [4.78, 5) is 39.0. The number of para-hydroxylation sites is 2. The minimum absolute atomic E-state index is 0.160. The number of ether oxygens (including phenoxy) is 1. The Labute approximate surface area is 151 Å². The number of rotatable bonds is 6. The van der Waals surface area contributed by atoms with Gasteiger partial charge in [0.05, 0.1) is 24.2 Å². The number of fused-ring (bicyclic) bond motifs is 1. The Bertz CT molecular complexity index is 896. The summed E-state index contributed by atoms with van der Waals surface area (Å²) in [6.07, 6.45) is 0.831. The Morgan fingerprint density at radius 1 is 1.12 bits per heavy atom. The maximum atomic E-state index is 12.3. The zero-order valence-electron chi connectivity index (χ0n) is 14.9. The summed E-state index contributed by atoms with van der Waals surface area (Å²) in [5, 5.41) is 2.83. The molecule has 2 heterocycles. The fourth-order valence-electron chi connectivity index (χ4n) is 3.17. The third kappa shape index (κ3) is 4.03. The highest BCUT2D eigenvalue weighted by Gasteiger charge is 2.14. The van der Waals surface area contributed by atoms with Gasteiger partial charge in [0.15, 0.2) is 0 Å². The van der Waals surface area contributed by atoms with E-state index in [1.807, 2.05) is 0 Å². The first-order valence-corrected chi connectivity index (χ1v) is 8.83.